The van der Waals surface area contributed by atoms with E-state index in [1.807, 2.05) is 61.5 Å². The Labute approximate surface area is 277 Å². The molecule has 1 fully saturated rings. The van der Waals surface area contributed by atoms with E-state index in [4.69, 9.17) is 11.6 Å². The van der Waals surface area contributed by atoms with Crippen molar-refractivity contribution in [1.29, 1.82) is 0 Å². The monoisotopic (exact) mass is 657 g/mol. The molecule has 0 bridgehead atoms. The number of nitrogens with one attached hydrogen (secondary N) is 1. The Bertz CT molecular complexity index is 1710. The topological polar surface area (TPSA) is 86.8 Å². The van der Waals surface area contributed by atoms with E-state index in [2.05, 4.69) is 5.32 Å². The number of aryl methyl sites for hydroxylation is 1. The molecule has 0 spiro atoms. The molecule has 5 rings (SSSR count). The first-order valence-corrected chi connectivity index (χ1v) is 17.6. The standard InChI is InChI=1S/C37H40ClN3O4S/c1-2-28-21-23-32(24-22-28)41(46(44,45)33-18-7-4-8-19-33)27-36(42)40(26-30-15-9-12-20-34(30)38)35(25-29-13-5-3-6-14-29)37(43)39-31-16-10-11-17-31/h3-9,12-15,18-24,31,35H,2,10-11,16-17,25-27H2,1H3,(H,39,43)/t35-/m0/s1. The molecule has 2 amide bonds. The second-order valence-electron chi connectivity index (χ2n) is 11.7. The predicted octanol–water partition coefficient (Wildman–Crippen LogP) is 6.80. The summed E-state index contributed by atoms with van der Waals surface area (Å²) in [5, 5.41) is 3.65. The molecule has 0 saturated heterocycles. The van der Waals surface area contributed by atoms with Crippen LogP contribution in [0.1, 0.15) is 49.3 Å². The molecule has 0 aromatic heterocycles. The van der Waals surface area contributed by atoms with E-state index in [1.165, 1.54) is 17.0 Å². The van der Waals surface area contributed by atoms with E-state index in [0.29, 0.717) is 16.3 Å². The van der Waals surface area contributed by atoms with Gasteiger partial charge in [-0.15, -0.1) is 0 Å². The van der Waals surface area contributed by atoms with Gasteiger partial charge in [0.2, 0.25) is 11.8 Å². The molecule has 4 aromatic carbocycles. The van der Waals surface area contributed by atoms with Gasteiger partial charge in [0, 0.05) is 24.0 Å². The number of halogens is 1. The number of benzene rings is 4. The number of amides is 2. The van der Waals surface area contributed by atoms with Gasteiger partial charge in [0.15, 0.2) is 0 Å². The maximum atomic E-state index is 14.6. The lowest BCUT2D eigenvalue weighted by atomic mass is 10.0. The fourth-order valence-corrected chi connectivity index (χ4v) is 7.51. The van der Waals surface area contributed by atoms with Crippen molar-refractivity contribution in [3.8, 4) is 0 Å². The lowest BCUT2D eigenvalue weighted by molar-refractivity contribution is -0.140. The Kier molecular flexibility index (Phi) is 11.1. The summed E-state index contributed by atoms with van der Waals surface area (Å²) in [6.07, 6.45) is 4.90. The molecule has 0 heterocycles. The predicted molar refractivity (Wildman–Crippen MR) is 183 cm³/mol. The smallest absolute Gasteiger partial charge is 0.264 e. The van der Waals surface area contributed by atoms with Crippen LogP contribution in [0.4, 0.5) is 5.69 Å². The van der Waals surface area contributed by atoms with Gasteiger partial charge in [0.25, 0.3) is 10.0 Å². The lowest BCUT2D eigenvalue weighted by Gasteiger charge is -2.34. The normalized spacial score (nSPS) is 14.0. The molecule has 9 heteroatoms. The van der Waals surface area contributed by atoms with Crippen molar-refractivity contribution in [3.63, 3.8) is 0 Å². The first-order chi connectivity index (χ1) is 22.3. The molecule has 240 valence electrons. The minimum absolute atomic E-state index is 0.0299. The maximum absolute atomic E-state index is 14.6. The van der Waals surface area contributed by atoms with Crippen molar-refractivity contribution in [2.75, 3.05) is 10.8 Å². The van der Waals surface area contributed by atoms with Crippen molar-refractivity contribution in [2.24, 2.45) is 0 Å². The molecule has 1 N–H and O–H groups in total. The number of hydrogen-bond acceptors (Lipinski definition) is 4. The SMILES string of the molecule is CCc1ccc(N(CC(=O)N(Cc2ccccc2Cl)[C@@H](Cc2ccccc2)C(=O)NC2CCCC2)S(=O)(=O)c2ccccc2)cc1. The van der Waals surface area contributed by atoms with Crippen LogP contribution in [0.3, 0.4) is 0 Å². The summed E-state index contributed by atoms with van der Waals surface area (Å²) in [6, 6.07) is 31.1. The number of hydrogen-bond donors (Lipinski definition) is 1. The molecule has 0 unspecified atom stereocenters. The minimum atomic E-state index is -4.15. The maximum Gasteiger partial charge on any atom is 0.264 e. The van der Waals surface area contributed by atoms with Gasteiger partial charge in [0.1, 0.15) is 12.6 Å². The summed E-state index contributed by atoms with van der Waals surface area (Å²) >= 11 is 6.59. The Morgan fingerprint density at radius 2 is 1.43 bits per heavy atom. The van der Waals surface area contributed by atoms with E-state index < -0.39 is 28.5 Å². The Morgan fingerprint density at radius 3 is 2.07 bits per heavy atom. The number of carbonyl (C=O) groups excluding carboxylic acids is 2. The third-order valence-corrected chi connectivity index (χ3v) is 10.7. The highest BCUT2D eigenvalue weighted by Crippen LogP contribution is 2.27. The molecule has 46 heavy (non-hydrogen) atoms. The Balaban J connectivity index is 1.56. The summed E-state index contributed by atoms with van der Waals surface area (Å²) in [7, 11) is -4.15. The Morgan fingerprint density at radius 1 is 0.826 bits per heavy atom. The molecular formula is C37H40ClN3O4S. The molecule has 7 nitrogen and oxygen atoms in total. The zero-order valence-electron chi connectivity index (χ0n) is 26.0. The minimum Gasteiger partial charge on any atom is -0.352 e. The third-order valence-electron chi connectivity index (χ3n) is 8.51. The number of sulfonamides is 1. The number of nitrogens with zero attached hydrogens (tertiary/aromatic N) is 2. The molecular weight excluding hydrogens is 618 g/mol. The third kappa shape index (κ3) is 8.17. The van der Waals surface area contributed by atoms with Gasteiger partial charge in [-0.2, -0.15) is 0 Å². The van der Waals surface area contributed by atoms with Crippen molar-refractivity contribution < 1.29 is 18.0 Å². The fourth-order valence-electron chi connectivity index (χ4n) is 5.88. The van der Waals surface area contributed by atoms with Crippen LogP contribution in [-0.4, -0.2) is 43.8 Å². The first kappa shape index (κ1) is 33.2. The number of anilines is 1. The van der Waals surface area contributed by atoms with Gasteiger partial charge >= 0.3 is 0 Å². The van der Waals surface area contributed by atoms with Gasteiger partial charge in [-0.25, -0.2) is 8.42 Å². The first-order valence-electron chi connectivity index (χ1n) is 15.8. The van der Waals surface area contributed by atoms with Crippen LogP contribution < -0.4 is 9.62 Å². The van der Waals surface area contributed by atoms with E-state index in [0.717, 1.165) is 47.5 Å². The summed E-state index contributed by atoms with van der Waals surface area (Å²) in [4.78, 5) is 30.3. The molecule has 0 aliphatic heterocycles. The zero-order chi connectivity index (χ0) is 32.5. The van der Waals surface area contributed by atoms with E-state index >= 15 is 0 Å². The zero-order valence-corrected chi connectivity index (χ0v) is 27.6. The largest absolute Gasteiger partial charge is 0.352 e. The van der Waals surface area contributed by atoms with Crippen molar-refractivity contribution in [1.82, 2.24) is 10.2 Å². The fraction of sp³-hybridized carbons (Fsp3) is 0.297. The van der Waals surface area contributed by atoms with Crippen LogP contribution in [0.25, 0.3) is 0 Å². The van der Waals surface area contributed by atoms with E-state index in [9.17, 15) is 18.0 Å². The number of carbonyl (C=O) groups is 2. The number of rotatable bonds is 13. The van der Waals surface area contributed by atoms with Crippen molar-refractivity contribution >= 4 is 39.1 Å². The summed E-state index contributed by atoms with van der Waals surface area (Å²) < 4.78 is 29.4. The van der Waals surface area contributed by atoms with Crippen LogP contribution in [0.5, 0.6) is 0 Å². The van der Waals surface area contributed by atoms with Gasteiger partial charge in [-0.3, -0.25) is 13.9 Å². The van der Waals surface area contributed by atoms with Crippen LogP contribution >= 0.6 is 11.6 Å². The summed E-state index contributed by atoms with van der Waals surface area (Å²) in [6.45, 7) is 1.55. The second-order valence-corrected chi connectivity index (χ2v) is 13.9. The molecule has 4 aromatic rings. The average molecular weight is 658 g/mol. The average Bonchev–Trinajstić information content (AvgIpc) is 3.60. The van der Waals surface area contributed by atoms with Crippen molar-refractivity contribution in [3.05, 3.63) is 131 Å². The van der Waals surface area contributed by atoms with Crippen LogP contribution in [0.2, 0.25) is 5.02 Å². The van der Waals surface area contributed by atoms with Gasteiger partial charge < -0.3 is 10.2 Å². The molecule has 1 atom stereocenters. The van der Waals surface area contributed by atoms with E-state index in [-0.39, 0.29) is 29.8 Å². The van der Waals surface area contributed by atoms with Gasteiger partial charge in [0.05, 0.1) is 10.6 Å². The molecule has 1 aliphatic carbocycles. The second kappa shape index (κ2) is 15.4. The molecule has 0 radical (unpaired) electrons. The Hall–Kier alpha value is -4.14. The molecule has 1 saturated carbocycles. The highest BCUT2D eigenvalue weighted by molar-refractivity contribution is 7.92. The van der Waals surface area contributed by atoms with Crippen LogP contribution in [-0.2, 0) is 39.0 Å². The molecule has 1 aliphatic rings. The highest BCUT2D eigenvalue weighted by Gasteiger charge is 2.35. The van der Waals surface area contributed by atoms with Gasteiger partial charge in [-0.1, -0.05) is 110 Å². The van der Waals surface area contributed by atoms with E-state index in [1.54, 1.807) is 42.5 Å². The van der Waals surface area contributed by atoms with Gasteiger partial charge in [-0.05, 0) is 66.3 Å². The quantitative estimate of drug-likeness (QED) is 0.171. The summed E-state index contributed by atoms with van der Waals surface area (Å²) in [5.74, 6) is -0.776. The highest BCUT2D eigenvalue weighted by atomic mass is 35.5. The van der Waals surface area contributed by atoms with Crippen LogP contribution in [0, 0.1) is 0 Å². The lowest BCUT2D eigenvalue weighted by Crippen LogP contribution is -2.54. The van der Waals surface area contributed by atoms with Crippen LogP contribution in [0.15, 0.2) is 114 Å². The summed E-state index contributed by atoms with van der Waals surface area (Å²) in [5.41, 5.74) is 2.95. The van der Waals surface area contributed by atoms with Crippen molar-refractivity contribution in [2.45, 2.75) is 69.0 Å².